The molecule has 1 fully saturated rings. The van der Waals surface area contributed by atoms with Crippen LogP contribution in [0, 0.1) is 0 Å². The van der Waals surface area contributed by atoms with Crippen LogP contribution in [0.25, 0.3) is 28.2 Å². The van der Waals surface area contributed by atoms with Crippen LogP contribution in [0.5, 0.6) is 0 Å². The van der Waals surface area contributed by atoms with Gasteiger partial charge in [0.2, 0.25) is 0 Å². The zero-order valence-electron chi connectivity index (χ0n) is 17.0. The quantitative estimate of drug-likeness (QED) is 0.497. The Hall–Kier alpha value is -3.00. The molecule has 1 aromatic carbocycles. The van der Waals surface area contributed by atoms with Crippen molar-refractivity contribution in [2.75, 3.05) is 44.7 Å². The molecule has 4 aromatic rings. The molecule has 1 N–H and O–H groups in total. The number of morpholine rings is 1. The first kappa shape index (κ1) is 19.9. The largest absolute Gasteiger partial charge is 0.379 e. The van der Waals surface area contributed by atoms with Crippen molar-refractivity contribution < 1.29 is 4.74 Å². The van der Waals surface area contributed by atoms with E-state index >= 15 is 0 Å². The molecule has 8 heteroatoms. The van der Waals surface area contributed by atoms with Crippen LogP contribution in [0.15, 0.2) is 61.2 Å². The molecule has 0 atom stereocenters. The number of hydrogen-bond acceptors (Lipinski definition) is 6. The Bertz CT molecular complexity index is 1150. The fourth-order valence-corrected chi connectivity index (χ4v) is 3.82. The number of rotatable bonds is 6. The number of hydrogen-bond donors (Lipinski definition) is 1. The zero-order valence-corrected chi connectivity index (χ0v) is 17.8. The van der Waals surface area contributed by atoms with Gasteiger partial charge < -0.3 is 10.1 Å². The van der Waals surface area contributed by atoms with Crippen molar-refractivity contribution in [2.24, 2.45) is 0 Å². The monoisotopic (exact) mass is 434 g/mol. The first-order valence-electron chi connectivity index (χ1n) is 10.4. The summed E-state index contributed by atoms with van der Waals surface area (Å²) in [5, 5.41) is 4.10. The minimum Gasteiger partial charge on any atom is -0.379 e. The number of fused-ring (bicyclic) bond motifs is 1. The summed E-state index contributed by atoms with van der Waals surface area (Å²) in [5.41, 5.74) is 4.63. The van der Waals surface area contributed by atoms with E-state index in [2.05, 4.69) is 25.2 Å². The number of pyridine rings is 1. The Morgan fingerprint density at radius 2 is 1.71 bits per heavy atom. The van der Waals surface area contributed by atoms with Crippen LogP contribution in [-0.2, 0) is 4.74 Å². The van der Waals surface area contributed by atoms with Crippen molar-refractivity contribution in [1.29, 1.82) is 0 Å². The van der Waals surface area contributed by atoms with E-state index in [1.807, 2.05) is 59.4 Å². The lowest BCUT2D eigenvalue weighted by molar-refractivity contribution is 0.0398. The maximum Gasteiger partial charge on any atom is 0.155 e. The zero-order chi connectivity index (χ0) is 21.0. The third-order valence-corrected chi connectivity index (χ3v) is 5.69. The Kier molecular flexibility index (Phi) is 5.80. The van der Waals surface area contributed by atoms with Gasteiger partial charge in [0.1, 0.15) is 5.82 Å². The molecule has 31 heavy (non-hydrogen) atoms. The van der Waals surface area contributed by atoms with Gasteiger partial charge in [-0.15, -0.1) is 0 Å². The summed E-state index contributed by atoms with van der Waals surface area (Å²) in [5.74, 6) is 0.863. The molecular formula is C23H23ClN6O. The van der Waals surface area contributed by atoms with E-state index < -0.39 is 0 Å². The van der Waals surface area contributed by atoms with Crippen LogP contribution in [0.1, 0.15) is 0 Å². The number of nitrogens with zero attached hydrogens (tertiary/aromatic N) is 5. The normalized spacial score (nSPS) is 14.7. The van der Waals surface area contributed by atoms with Gasteiger partial charge in [0.15, 0.2) is 5.65 Å². The number of ether oxygens (including phenoxy) is 1. The fraction of sp³-hybridized carbons (Fsp3) is 0.261. The van der Waals surface area contributed by atoms with Crippen LogP contribution in [0.4, 0.5) is 5.82 Å². The Balaban J connectivity index is 1.31. The number of benzene rings is 1. The summed E-state index contributed by atoms with van der Waals surface area (Å²) < 4.78 is 7.43. The van der Waals surface area contributed by atoms with Gasteiger partial charge in [0.05, 0.1) is 37.0 Å². The molecule has 3 aromatic heterocycles. The van der Waals surface area contributed by atoms with E-state index in [1.54, 1.807) is 6.20 Å². The van der Waals surface area contributed by atoms with E-state index in [1.165, 1.54) is 0 Å². The average Bonchev–Trinajstić information content (AvgIpc) is 3.24. The second-order valence-corrected chi connectivity index (χ2v) is 7.90. The van der Waals surface area contributed by atoms with Crippen molar-refractivity contribution in [2.45, 2.75) is 0 Å². The van der Waals surface area contributed by atoms with Gasteiger partial charge in [-0.2, -0.15) is 0 Å². The third-order valence-electron chi connectivity index (χ3n) is 5.43. The minimum atomic E-state index is 0.713. The molecule has 0 spiro atoms. The molecule has 0 aliphatic carbocycles. The second kappa shape index (κ2) is 9.01. The molecule has 0 bridgehead atoms. The number of imidazole rings is 1. The molecule has 0 saturated carbocycles. The summed E-state index contributed by atoms with van der Waals surface area (Å²) in [7, 11) is 0. The summed E-state index contributed by atoms with van der Waals surface area (Å²) in [4.78, 5) is 16.0. The van der Waals surface area contributed by atoms with Gasteiger partial charge in [-0.05, 0) is 24.3 Å². The van der Waals surface area contributed by atoms with Crippen molar-refractivity contribution in [3.05, 3.63) is 66.2 Å². The van der Waals surface area contributed by atoms with Gasteiger partial charge in [-0.25, -0.2) is 9.97 Å². The number of halogens is 1. The highest BCUT2D eigenvalue weighted by atomic mass is 35.5. The maximum absolute atomic E-state index is 6.03. The fourth-order valence-electron chi connectivity index (χ4n) is 3.69. The number of anilines is 1. The first-order valence-corrected chi connectivity index (χ1v) is 10.7. The maximum atomic E-state index is 6.03. The average molecular weight is 435 g/mol. The topological polar surface area (TPSA) is 67.6 Å². The molecule has 4 heterocycles. The number of aromatic nitrogens is 4. The second-order valence-electron chi connectivity index (χ2n) is 7.46. The standard InChI is InChI=1S/C23H23ClN6O/c24-19-4-1-17(2-5-19)21-14-28-23-15-26-20(16-30(21)23)18-3-6-22(27-13-18)25-7-8-29-9-11-31-12-10-29/h1-6,13-16H,7-12H2,(H,25,27). The summed E-state index contributed by atoms with van der Waals surface area (Å²) in [6.07, 6.45) is 7.48. The van der Waals surface area contributed by atoms with Gasteiger partial charge in [0.25, 0.3) is 0 Å². The first-order chi connectivity index (χ1) is 15.3. The lowest BCUT2D eigenvalue weighted by atomic mass is 10.1. The van der Waals surface area contributed by atoms with Crippen molar-refractivity contribution in [3.8, 4) is 22.5 Å². The van der Waals surface area contributed by atoms with E-state index in [9.17, 15) is 0 Å². The Morgan fingerprint density at radius 1 is 0.903 bits per heavy atom. The molecular weight excluding hydrogens is 412 g/mol. The van der Waals surface area contributed by atoms with Crippen LogP contribution in [-0.4, -0.2) is 63.6 Å². The highest BCUT2D eigenvalue weighted by molar-refractivity contribution is 6.30. The van der Waals surface area contributed by atoms with E-state index in [0.29, 0.717) is 5.02 Å². The number of nitrogens with one attached hydrogen (secondary N) is 1. The predicted octanol–water partition coefficient (Wildman–Crippen LogP) is 3.86. The molecule has 1 aliphatic heterocycles. The van der Waals surface area contributed by atoms with Gasteiger partial charge in [-0.3, -0.25) is 14.3 Å². The van der Waals surface area contributed by atoms with Crippen LogP contribution in [0.3, 0.4) is 0 Å². The molecule has 0 amide bonds. The summed E-state index contributed by atoms with van der Waals surface area (Å²) in [6, 6.07) is 11.8. The Labute approximate surface area is 185 Å². The molecule has 7 nitrogen and oxygen atoms in total. The Morgan fingerprint density at radius 3 is 2.48 bits per heavy atom. The van der Waals surface area contributed by atoms with E-state index in [0.717, 1.165) is 73.4 Å². The molecule has 158 valence electrons. The van der Waals surface area contributed by atoms with Crippen molar-refractivity contribution in [1.82, 2.24) is 24.3 Å². The van der Waals surface area contributed by atoms with Crippen LogP contribution in [0.2, 0.25) is 5.02 Å². The minimum absolute atomic E-state index is 0.713. The molecule has 0 radical (unpaired) electrons. The van der Waals surface area contributed by atoms with Gasteiger partial charge in [-0.1, -0.05) is 23.7 Å². The lowest BCUT2D eigenvalue weighted by Crippen LogP contribution is -2.39. The van der Waals surface area contributed by atoms with Crippen molar-refractivity contribution in [3.63, 3.8) is 0 Å². The molecule has 1 saturated heterocycles. The summed E-state index contributed by atoms with van der Waals surface area (Å²) in [6.45, 7) is 5.47. The smallest absolute Gasteiger partial charge is 0.155 e. The van der Waals surface area contributed by atoms with Gasteiger partial charge >= 0.3 is 0 Å². The highest BCUT2D eigenvalue weighted by Crippen LogP contribution is 2.25. The van der Waals surface area contributed by atoms with Crippen LogP contribution >= 0.6 is 11.6 Å². The van der Waals surface area contributed by atoms with E-state index in [-0.39, 0.29) is 0 Å². The lowest BCUT2D eigenvalue weighted by Gasteiger charge is -2.26. The highest BCUT2D eigenvalue weighted by Gasteiger charge is 2.11. The molecule has 1 aliphatic rings. The third kappa shape index (κ3) is 4.54. The van der Waals surface area contributed by atoms with E-state index in [4.69, 9.17) is 16.3 Å². The summed E-state index contributed by atoms with van der Waals surface area (Å²) >= 11 is 6.03. The van der Waals surface area contributed by atoms with Crippen molar-refractivity contribution >= 4 is 23.1 Å². The van der Waals surface area contributed by atoms with Gasteiger partial charge in [0, 0.05) is 54.7 Å². The molecule has 0 unspecified atom stereocenters. The predicted molar refractivity (Wildman–Crippen MR) is 122 cm³/mol. The van der Waals surface area contributed by atoms with Crippen LogP contribution < -0.4 is 5.32 Å². The molecule has 5 rings (SSSR count). The SMILES string of the molecule is Clc1ccc(-c2cnc3cnc(-c4ccc(NCCN5CCOCC5)nc4)cn23)cc1.